The maximum Gasteiger partial charge on any atom is 0.220 e. The van der Waals surface area contributed by atoms with Crippen molar-refractivity contribution in [3.05, 3.63) is 82.5 Å². The van der Waals surface area contributed by atoms with Gasteiger partial charge < -0.3 is 25.1 Å². The fourth-order valence-corrected chi connectivity index (χ4v) is 3.64. The molecule has 0 aliphatic carbocycles. The molecule has 34 heavy (non-hydrogen) atoms. The number of anilines is 1. The van der Waals surface area contributed by atoms with E-state index in [1.54, 1.807) is 42.5 Å². The maximum atomic E-state index is 10.7. The molecule has 0 aliphatic heterocycles. The highest BCUT2D eigenvalue weighted by molar-refractivity contribution is 6.35. The molecular weight excluding hydrogens is 477 g/mol. The van der Waals surface area contributed by atoms with Crippen LogP contribution < -0.4 is 19.9 Å². The molecule has 9 heteroatoms. The van der Waals surface area contributed by atoms with Gasteiger partial charge in [-0.05, 0) is 43.3 Å². The van der Waals surface area contributed by atoms with Crippen molar-refractivity contribution in [1.29, 1.82) is 0 Å². The maximum absolute atomic E-state index is 10.7. The smallest absolute Gasteiger partial charge is 0.220 e. The van der Waals surface area contributed by atoms with Gasteiger partial charge in [-0.2, -0.15) is 0 Å². The molecule has 3 aromatic carbocycles. The summed E-state index contributed by atoms with van der Waals surface area (Å²) >= 11 is 12.1. The molecule has 174 valence electrons. The summed E-state index contributed by atoms with van der Waals surface area (Å²) < 4.78 is 17.4. The molecule has 4 rings (SSSR count). The van der Waals surface area contributed by atoms with Gasteiger partial charge in [-0.25, -0.2) is 9.97 Å². The number of nitrogens with zero attached hydrogens (tertiary/aromatic N) is 2. The molecule has 0 fully saturated rings. The van der Waals surface area contributed by atoms with Crippen molar-refractivity contribution in [3.63, 3.8) is 0 Å². The molecule has 1 aromatic heterocycles. The zero-order valence-electron chi connectivity index (χ0n) is 18.2. The van der Waals surface area contributed by atoms with E-state index in [1.165, 1.54) is 12.3 Å². The summed E-state index contributed by atoms with van der Waals surface area (Å²) in [5.41, 5.74) is 7.31. The first-order chi connectivity index (χ1) is 16.4. The molecule has 0 saturated carbocycles. The van der Waals surface area contributed by atoms with Crippen LogP contribution in [0.2, 0.25) is 10.0 Å². The quantitative estimate of drug-likeness (QED) is 0.286. The van der Waals surface area contributed by atoms with Gasteiger partial charge in [0, 0.05) is 27.2 Å². The molecule has 4 aromatic rings. The number of phenolic OH excluding ortho intramolecular Hbond substituents is 1. The van der Waals surface area contributed by atoms with Crippen LogP contribution in [0.3, 0.4) is 0 Å². The topological polar surface area (TPSA) is 99.7 Å². The summed E-state index contributed by atoms with van der Waals surface area (Å²) in [6, 6.07) is 17.3. The Morgan fingerprint density at radius 1 is 0.941 bits per heavy atom. The molecule has 0 spiro atoms. The predicted octanol–water partition coefficient (Wildman–Crippen LogP) is 6.51. The van der Waals surface area contributed by atoms with E-state index >= 15 is 0 Å². The number of halogens is 2. The van der Waals surface area contributed by atoms with Crippen LogP contribution in [-0.4, -0.2) is 21.7 Å². The van der Waals surface area contributed by atoms with Crippen molar-refractivity contribution >= 4 is 29.2 Å². The van der Waals surface area contributed by atoms with Gasteiger partial charge in [-0.3, -0.25) is 0 Å². The number of para-hydroxylation sites is 2. The van der Waals surface area contributed by atoms with Crippen LogP contribution in [0.15, 0.2) is 66.9 Å². The zero-order valence-corrected chi connectivity index (χ0v) is 19.7. The Kier molecular flexibility index (Phi) is 7.25. The molecule has 1 heterocycles. The SMILES string of the molecule is CCOc1ccccc1Oc1cnc(N)nc1-c1ccc(OCc2ccc(Cl)cc2Cl)cc1O. The third-order valence-electron chi connectivity index (χ3n) is 4.78. The molecule has 0 unspecified atom stereocenters. The van der Waals surface area contributed by atoms with E-state index in [-0.39, 0.29) is 18.3 Å². The third-order valence-corrected chi connectivity index (χ3v) is 5.36. The number of hydrogen-bond donors (Lipinski definition) is 2. The minimum atomic E-state index is -0.0688. The molecule has 7 nitrogen and oxygen atoms in total. The Balaban J connectivity index is 1.60. The van der Waals surface area contributed by atoms with Crippen LogP contribution in [0, 0.1) is 0 Å². The molecule has 0 radical (unpaired) electrons. The summed E-state index contributed by atoms with van der Waals surface area (Å²) in [7, 11) is 0. The minimum Gasteiger partial charge on any atom is -0.507 e. The molecule has 0 atom stereocenters. The van der Waals surface area contributed by atoms with Crippen LogP contribution in [0.1, 0.15) is 12.5 Å². The van der Waals surface area contributed by atoms with Crippen molar-refractivity contribution < 1.29 is 19.3 Å². The van der Waals surface area contributed by atoms with Gasteiger partial charge in [0.05, 0.1) is 12.8 Å². The molecule has 0 amide bonds. The largest absolute Gasteiger partial charge is 0.507 e. The van der Waals surface area contributed by atoms with Gasteiger partial charge in [0.25, 0.3) is 0 Å². The summed E-state index contributed by atoms with van der Waals surface area (Å²) in [6.45, 7) is 2.57. The lowest BCUT2D eigenvalue weighted by molar-refractivity contribution is 0.304. The number of nitrogens with two attached hydrogens (primary N) is 1. The van der Waals surface area contributed by atoms with Crippen molar-refractivity contribution in [1.82, 2.24) is 9.97 Å². The molecular formula is C25H21Cl2N3O4. The number of phenols is 1. The van der Waals surface area contributed by atoms with E-state index in [9.17, 15) is 5.11 Å². The first-order valence-electron chi connectivity index (χ1n) is 10.4. The van der Waals surface area contributed by atoms with Gasteiger partial charge >= 0.3 is 0 Å². The van der Waals surface area contributed by atoms with Crippen molar-refractivity contribution in [2.45, 2.75) is 13.5 Å². The molecule has 3 N–H and O–H groups in total. The number of hydrogen-bond acceptors (Lipinski definition) is 7. The van der Waals surface area contributed by atoms with E-state index in [1.807, 2.05) is 19.1 Å². The summed E-state index contributed by atoms with van der Waals surface area (Å²) in [4.78, 5) is 8.32. The third kappa shape index (κ3) is 5.44. The predicted molar refractivity (Wildman–Crippen MR) is 132 cm³/mol. The number of aromatic nitrogens is 2. The molecule has 0 saturated heterocycles. The van der Waals surface area contributed by atoms with Crippen LogP contribution in [0.4, 0.5) is 5.95 Å². The zero-order chi connectivity index (χ0) is 24.1. The highest BCUT2D eigenvalue weighted by Gasteiger charge is 2.17. The number of rotatable bonds is 8. The second kappa shape index (κ2) is 10.5. The fourth-order valence-electron chi connectivity index (χ4n) is 3.18. The van der Waals surface area contributed by atoms with Gasteiger partial charge in [0.2, 0.25) is 5.95 Å². The summed E-state index contributed by atoms with van der Waals surface area (Å²) in [5, 5.41) is 11.8. The number of ether oxygens (including phenoxy) is 3. The highest BCUT2D eigenvalue weighted by atomic mass is 35.5. The van der Waals surface area contributed by atoms with Crippen LogP contribution in [-0.2, 0) is 6.61 Å². The van der Waals surface area contributed by atoms with Crippen molar-refractivity contribution in [2.24, 2.45) is 0 Å². The highest BCUT2D eigenvalue weighted by Crippen LogP contribution is 2.40. The number of aromatic hydroxyl groups is 1. The van der Waals surface area contributed by atoms with E-state index < -0.39 is 0 Å². The second-order valence-corrected chi connectivity index (χ2v) is 7.97. The lowest BCUT2D eigenvalue weighted by atomic mass is 10.1. The number of nitrogen functional groups attached to an aromatic ring is 1. The standard InChI is InChI=1S/C25H21Cl2N3O4/c1-2-32-21-5-3-4-6-22(21)34-23-13-29-25(28)30-24(23)18-10-9-17(12-20(18)31)33-14-15-7-8-16(26)11-19(15)27/h3-13,31H,2,14H2,1H3,(H2,28,29,30). The van der Waals surface area contributed by atoms with Gasteiger partial charge in [0.1, 0.15) is 23.8 Å². The average Bonchev–Trinajstić information content (AvgIpc) is 2.81. The summed E-state index contributed by atoms with van der Waals surface area (Å²) in [6.07, 6.45) is 1.45. The Labute approximate surface area is 206 Å². The van der Waals surface area contributed by atoms with Gasteiger partial charge in [0.15, 0.2) is 17.2 Å². The Bertz CT molecular complexity index is 1320. The van der Waals surface area contributed by atoms with E-state index in [2.05, 4.69) is 9.97 Å². The van der Waals surface area contributed by atoms with Crippen LogP contribution in [0.25, 0.3) is 11.3 Å². The first kappa shape index (κ1) is 23.5. The van der Waals surface area contributed by atoms with E-state index in [4.69, 9.17) is 43.1 Å². The number of benzene rings is 3. The lowest BCUT2D eigenvalue weighted by Gasteiger charge is -2.15. The van der Waals surface area contributed by atoms with Crippen LogP contribution in [0.5, 0.6) is 28.7 Å². The Hall–Kier alpha value is -3.68. The van der Waals surface area contributed by atoms with Crippen LogP contribution >= 0.6 is 23.2 Å². The average molecular weight is 498 g/mol. The van der Waals surface area contributed by atoms with Crippen molar-refractivity contribution in [3.8, 4) is 40.0 Å². The monoisotopic (exact) mass is 497 g/mol. The minimum absolute atomic E-state index is 0.0394. The van der Waals surface area contributed by atoms with Crippen molar-refractivity contribution in [2.75, 3.05) is 12.3 Å². The van der Waals surface area contributed by atoms with E-state index in [0.29, 0.717) is 50.9 Å². The molecule has 0 aliphatic rings. The normalized spacial score (nSPS) is 10.7. The van der Waals surface area contributed by atoms with E-state index in [0.717, 1.165) is 5.56 Å². The second-order valence-electron chi connectivity index (χ2n) is 7.13. The molecule has 0 bridgehead atoms. The fraction of sp³-hybridized carbons (Fsp3) is 0.120. The lowest BCUT2D eigenvalue weighted by Crippen LogP contribution is -2.01. The Morgan fingerprint density at radius 3 is 2.47 bits per heavy atom. The van der Waals surface area contributed by atoms with Gasteiger partial charge in [-0.15, -0.1) is 0 Å². The van der Waals surface area contributed by atoms with Gasteiger partial charge in [-0.1, -0.05) is 41.4 Å². The first-order valence-corrected chi connectivity index (χ1v) is 11.1. The Morgan fingerprint density at radius 2 is 1.74 bits per heavy atom. The summed E-state index contributed by atoms with van der Waals surface area (Å²) in [5.74, 6) is 1.77.